The molecule has 0 amide bonds. The molecule has 20 heavy (non-hydrogen) atoms. The first-order chi connectivity index (χ1) is 9.80. The number of fused-ring (bicyclic) bond motifs is 1. The van der Waals surface area contributed by atoms with Crippen LogP contribution in [0.2, 0.25) is 0 Å². The van der Waals surface area contributed by atoms with Crippen molar-refractivity contribution >= 4 is 17.2 Å². The smallest absolute Gasteiger partial charge is 0.137 e. The summed E-state index contributed by atoms with van der Waals surface area (Å²) in [5, 5.41) is 0. The van der Waals surface area contributed by atoms with E-state index in [1.165, 1.54) is 0 Å². The quantitative estimate of drug-likeness (QED) is 0.674. The van der Waals surface area contributed by atoms with Crippen LogP contribution in [-0.4, -0.2) is 16.0 Å². The molecule has 0 spiro atoms. The number of aromatic nitrogens is 2. The molecule has 2 heterocycles. The van der Waals surface area contributed by atoms with E-state index in [4.69, 9.17) is 16.3 Å². The molecular formula is C16H15ClN2O. The summed E-state index contributed by atoms with van der Waals surface area (Å²) < 4.78 is 7.45. The van der Waals surface area contributed by atoms with Crippen molar-refractivity contribution in [2.24, 2.45) is 0 Å². The highest BCUT2D eigenvalue weighted by Gasteiger charge is 2.05. The standard InChI is InChI=1S/C16H15ClN2O/c1-2-20-14-5-3-13(4-6-14)15-11-19-8-7-12(10-17)9-16(19)18-15/h3-9,11H,2,10H2,1H3. The van der Waals surface area contributed by atoms with E-state index in [9.17, 15) is 0 Å². The molecule has 3 nitrogen and oxygen atoms in total. The van der Waals surface area contributed by atoms with Gasteiger partial charge < -0.3 is 9.14 Å². The van der Waals surface area contributed by atoms with Gasteiger partial charge in [-0.05, 0) is 48.9 Å². The fourth-order valence-corrected chi connectivity index (χ4v) is 2.30. The molecule has 0 aliphatic carbocycles. The van der Waals surface area contributed by atoms with E-state index in [0.29, 0.717) is 12.5 Å². The van der Waals surface area contributed by atoms with Crippen molar-refractivity contribution in [3.05, 3.63) is 54.4 Å². The van der Waals surface area contributed by atoms with Gasteiger partial charge in [0.2, 0.25) is 0 Å². The van der Waals surface area contributed by atoms with Crippen molar-refractivity contribution in [2.75, 3.05) is 6.61 Å². The number of nitrogens with zero attached hydrogens (tertiary/aromatic N) is 2. The predicted octanol–water partition coefficient (Wildman–Crippen LogP) is 4.14. The minimum atomic E-state index is 0.502. The van der Waals surface area contributed by atoms with E-state index in [1.807, 2.05) is 60.1 Å². The van der Waals surface area contributed by atoms with Gasteiger partial charge in [0.25, 0.3) is 0 Å². The zero-order valence-corrected chi connectivity index (χ0v) is 12.0. The molecule has 3 aromatic rings. The highest BCUT2D eigenvalue weighted by molar-refractivity contribution is 6.17. The lowest BCUT2D eigenvalue weighted by Gasteiger charge is -2.02. The summed E-state index contributed by atoms with van der Waals surface area (Å²) in [5.74, 6) is 1.38. The van der Waals surface area contributed by atoms with Crippen LogP contribution < -0.4 is 4.74 Å². The topological polar surface area (TPSA) is 26.5 Å². The van der Waals surface area contributed by atoms with Crippen molar-refractivity contribution in [1.82, 2.24) is 9.38 Å². The highest BCUT2D eigenvalue weighted by Crippen LogP contribution is 2.22. The first-order valence-corrected chi connectivity index (χ1v) is 7.10. The summed E-state index contributed by atoms with van der Waals surface area (Å²) in [4.78, 5) is 4.63. The predicted molar refractivity (Wildman–Crippen MR) is 81.4 cm³/mol. The first-order valence-electron chi connectivity index (χ1n) is 6.57. The maximum absolute atomic E-state index is 5.85. The zero-order valence-electron chi connectivity index (χ0n) is 11.2. The maximum Gasteiger partial charge on any atom is 0.137 e. The Labute approximate surface area is 122 Å². The van der Waals surface area contributed by atoms with Gasteiger partial charge in [-0.2, -0.15) is 0 Å². The molecule has 4 heteroatoms. The number of rotatable bonds is 4. The van der Waals surface area contributed by atoms with Crippen LogP contribution in [0.3, 0.4) is 0 Å². The van der Waals surface area contributed by atoms with Gasteiger partial charge in [0, 0.05) is 23.8 Å². The lowest BCUT2D eigenvalue weighted by atomic mass is 10.2. The van der Waals surface area contributed by atoms with E-state index >= 15 is 0 Å². The Morgan fingerprint density at radius 3 is 2.70 bits per heavy atom. The number of pyridine rings is 1. The number of hydrogen-bond donors (Lipinski definition) is 0. The molecule has 0 radical (unpaired) electrons. The second kappa shape index (κ2) is 5.55. The molecule has 0 saturated carbocycles. The third-order valence-corrected chi connectivity index (χ3v) is 3.45. The normalized spacial score (nSPS) is 10.9. The number of benzene rings is 1. The Hall–Kier alpha value is -2.00. The van der Waals surface area contributed by atoms with Gasteiger partial charge in [0.1, 0.15) is 11.4 Å². The van der Waals surface area contributed by atoms with Gasteiger partial charge in [-0.3, -0.25) is 0 Å². The molecule has 102 valence electrons. The molecule has 0 unspecified atom stereocenters. The molecule has 0 aliphatic heterocycles. The molecule has 0 atom stereocenters. The minimum absolute atomic E-state index is 0.502. The van der Waals surface area contributed by atoms with Crippen molar-refractivity contribution < 1.29 is 4.74 Å². The number of alkyl halides is 1. The van der Waals surface area contributed by atoms with Crippen LogP contribution in [0.4, 0.5) is 0 Å². The molecule has 0 saturated heterocycles. The van der Waals surface area contributed by atoms with Crippen LogP contribution in [0.5, 0.6) is 5.75 Å². The Morgan fingerprint density at radius 2 is 2.00 bits per heavy atom. The molecule has 2 aromatic heterocycles. The summed E-state index contributed by atoms with van der Waals surface area (Å²) >= 11 is 5.85. The SMILES string of the molecule is CCOc1ccc(-c2cn3ccc(CCl)cc3n2)cc1. The zero-order chi connectivity index (χ0) is 13.9. The number of halogens is 1. The van der Waals surface area contributed by atoms with E-state index in [0.717, 1.165) is 28.2 Å². The van der Waals surface area contributed by atoms with Crippen molar-refractivity contribution in [2.45, 2.75) is 12.8 Å². The fourth-order valence-electron chi connectivity index (χ4n) is 2.13. The van der Waals surface area contributed by atoms with E-state index < -0.39 is 0 Å². The molecule has 3 rings (SSSR count). The minimum Gasteiger partial charge on any atom is -0.494 e. The summed E-state index contributed by atoms with van der Waals surface area (Å²) in [6, 6.07) is 12.0. The van der Waals surface area contributed by atoms with E-state index in [1.54, 1.807) is 0 Å². The Morgan fingerprint density at radius 1 is 1.20 bits per heavy atom. The third-order valence-electron chi connectivity index (χ3n) is 3.14. The average molecular weight is 287 g/mol. The maximum atomic E-state index is 5.85. The highest BCUT2D eigenvalue weighted by atomic mass is 35.5. The summed E-state index contributed by atoms with van der Waals surface area (Å²) in [5.41, 5.74) is 4.00. The molecule has 0 aliphatic rings. The second-order valence-corrected chi connectivity index (χ2v) is 4.78. The van der Waals surface area contributed by atoms with Crippen LogP contribution in [0.15, 0.2) is 48.8 Å². The van der Waals surface area contributed by atoms with Crippen LogP contribution in [-0.2, 0) is 5.88 Å². The van der Waals surface area contributed by atoms with Gasteiger partial charge in [-0.15, -0.1) is 11.6 Å². The van der Waals surface area contributed by atoms with Gasteiger partial charge in [-0.1, -0.05) is 0 Å². The monoisotopic (exact) mass is 286 g/mol. The molecular weight excluding hydrogens is 272 g/mol. The Bertz CT molecular complexity index is 719. The molecule has 0 bridgehead atoms. The lowest BCUT2D eigenvalue weighted by molar-refractivity contribution is 0.340. The average Bonchev–Trinajstić information content (AvgIpc) is 2.91. The van der Waals surface area contributed by atoms with Crippen molar-refractivity contribution in [3.8, 4) is 17.0 Å². The van der Waals surface area contributed by atoms with Crippen LogP contribution in [0, 0.1) is 0 Å². The summed E-state index contributed by atoms with van der Waals surface area (Å²) in [6.45, 7) is 2.65. The van der Waals surface area contributed by atoms with Crippen LogP contribution in [0.25, 0.3) is 16.9 Å². The van der Waals surface area contributed by atoms with Gasteiger partial charge in [-0.25, -0.2) is 4.98 Å². The lowest BCUT2D eigenvalue weighted by Crippen LogP contribution is -1.90. The molecule has 0 fully saturated rings. The van der Waals surface area contributed by atoms with Gasteiger partial charge in [0.05, 0.1) is 12.3 Å². The fraction of sp³-hybridized carbons (Fsp3) is 0.188. The summed E-state index contributed by atoms with van der Waals surface area (Å²) in [7, 11) is 0. The van der Waals surface area contributed by atoms with E-state index in [-0.39, 0.29) is 0 Å². The Balaban J connectivity index is 1.96. The van der Waals surface area contributed by atoms with Crippen molar-refractivity contribution in [1.29, 1.82) is 0 Å². The van der Waals surface area contributed by atoms with Crippen molar-refractivity contribution in [3.63, 3.8) is 0 Å². The van der Waals surface area contributed by atoms with E-state index in [2.05, 4.69) is 4.98 Å². The van der Waals surface area contributed by atoms with Gasteiger partial charge in [0.15, 0.2) is 0 Å². The molecule has 1 aromatic carbocycles. The number of hydrogen-bond acceptors (Lipinski definition) is 2. The second-order valence-electron chi connectivity index (χ2n) is 4.52. The third kappa shape index (κ3) is 2.49. The van der Waals surface area contributed by atoms with Gasteiger partial charge >= 0.3 is 0 Å². The summed E-state index contributed by atoms with van der Waals surface area (Å²) in [6.07, 6.45) is 4.00. The number of imidazole rings is 1. The largest absolute Gasteiger partial charge is 0.494 e. The van der Waals surface area contributed by atoms with Crippen LogP contribution in [0.1, 0.15) is 12.5 Å². The van der Waals surface area contributed by atoms with Crippen LogP contribution >= 0.6 is 11.6 Å². The first kappa shape index (κ1) is 13.0. The number of ether oxygens (including phenoxy) is 1. The Kier molecular flexibility index (Phi) is 3.61. The molecule has 0 N–H and O–H groups in total.